The molecule has 0 atom stereocenters. The first-order valence-corrected chi connectivity index (χ1v) is 8.54. The van der Waals surface area contributed by atoms with Crippen molar-refractivity contribution >= 4 is 21.1 Å². The van der Waals surface area contributed by atoms with Crippen LogP contribution in [-0.4, -0.2) is 19.9 Å². The molecule has 0 aliphatic heterocycles. The van der Waals surface area contributed by atoms with Crippen molar-refractivity contribution < 1.29 is 17.2 Å². The predicted octanol–water partition coefficient (Wildman–Crippen LogP) is 2.80. The van der Waals surface area contributed by atoms with Crippen molar-refractivity contribution in [3.8, 4) is 0 Å². The Balaban J connectivity index is 1.66. The van der Waals surface area contributed by atoms with Crippen molar-refractivity contribution in [2.45, 2.75) is 18.2 Å². The molecule has 3 rings (SSSR count). The van der Waals surface area contributed by atoms with E-state index in [4.69, 9.17) is 4.42 Å². The maximum Gasteiger partial charge on any atom is 0.240 e. The maximum absolute atomic E-state index is 12.8. The summed E-state index contributed by atoms with van der Waals surface area (Å²) in [6.07, 6.45) is 0.516. The fourth-order valence-electron chi connectivity index (χ4n) is 2.27. The summed E-state index contributed by atoms with van der Waals surface area (Å²) in [6.45, 7) is 2.01. The Morgan fingerprint density at radius 3 is 2.65 bits per heavy atom. The van der Waals surface area contributed by atoms with E-state index in [0.717, 1.165) is 23.2 Å². The van der Waals surface area contributed by atoms with Crippen LogP contribution in [-0.2, 0) is 16.4 Å². The zero-order valence-electron chi connectivity index (χ0n) is 12.4. The molecule has 0 spiro atoms. The molecule has 1 aromatic heterocycles. The first-order valence-electron chi connectivity index (χ1n) is 7.05. The molecule has 0 amide bonds. The number of benzene rings is 2. The van der Waals surface area contributed by atoms with Gasteiger partial charge in [-0.05, 0) is 48.4 Å². The van der Waals surface area contributed by atoms with Gasteiger partial charge in [-0.3, -0.25) is 0 Å². The van der Waals surface area contributed by atoms with Gasteiger partial charge in [0.25, 0.3) is 0 Å². The summed E-state index contributed by atoms with van der Waals surface area (Å²) in [7, 11) is -3.64. The Kier molecular flexibility index (Phi) is 4.14. The first kappa shape index (κ1) is 15.6. The molecule has 120 valence electrons. The average molecular weight is 334 g/mol. The van der Waals surface area contributed by atoms with Gasteiger partial charge in [0.15, 0.2) is 11.5 Å². The first-order chi connectivity index (χ1) is 10.9. The van der Waals surface area contributed by atoms with Crippen molar-refractivity contribution in [1.29, 1.82) is 0 Å². The Bertz CT molecular complexity index is 934. The van der Waals surface area contributed by atoms with Gasteiger partial charge in [-0.2, -0.15) is 0 Å². The molecule has 0 unspecified atom stereocenters. The molecule has 0 aliphatic rings. The van der Waals surface area contributed by atoms with E-state index in [2.05, 4.69) is 9.71 Å². The van der Waals surface area contributed by atoms with E-state index in [1.54, 1.807) is 6.92 Å². The van der Waals surface area contributed by atoms with Gasteiger partial charge in [-0.15, -0.1) is 0 Å². The molecule has 0 aliphatic carbocycles. The summed E-state index contributed by atoms with van der Waals surface area (Å²) in [5, 5.41) is 0. The molecule has 7 heteroatoms. The number of halogens is 1. The van der Waals surface area contributed by atoms with Crippen LogP contribution in [0.4, 0.5) is 4.39 Å². The zero-order valence-corrected chi connectivity index (χ0v) is 13.2. The van der Waals surface area contributed by atoms with Gasteiger partial charge in [0.1, 0.15) is 11.3 Å². The van der Waals surface area contributed by atoms with Crippen molar-refractivity contribution in [3.05, 3.63) is 59.7 Å². The minimum Gasteiger partial charge on any atom is -0.441 e. The largest absolute Gasteiger partial charge is 0.441 e. The van der Waals surface area contributed by atoms with Crippen LogP contribution in [0.5, 0.6) is 0 Å². The fourth-order valence-corrected chi connectivity index (χ4v) is 3.30. The van der Waals surface area contributed by atoms with E-state index < -0.39 is 15.8 Å². The Morgan fingerprint density at radius 1 is 1.17 bits per heavy atom. The van der Waals surface area contributed by atoms with Gasteiger partial charge >= 0.3 is 0 Å². The van der Waals surface area contributed by atoms with Crippen LogP contribution >= 0.6 is 0 Å². The second-order valence-electron chi connectivity index (χ2n) is 5.14. The minimum absolute atomic E-state index is 0.0430. The van der Waals surface area contributed by atoms with Crippen LogP contribution in [0.1, 0.15) is 11.5 Å². The standard InChI is InChI=1S/C16H15FN2O3S/c1-11-19-15-10-12(2-7-16(15)22-11)8-9-18-23(20,21)14-5-3-13(17)4-6-14/h2-7,10,18H,8-9H2,1H3. The van der Waals surface area contributed by atoms with Crippen LogP contribution in [0.2, 0.25) is 0 Å². The third kappa shape index (κ3) is 3.57. The van der Waals surface area contributed by atoms with Crippen LogP contribution in [0, 0.1) is 12.7 Å². The smallest absolute Gasteiger partial charge is 0.240 e. The molecular formula is C16H15FN2O3S. The molecule has 23 heavy (non-hydrogen) atoms. The van der Waals surface area contributed by atoms with Gasteiger partial charge in [-0.25, -0.2) is 22.5 Å². The second-order valence-corrected chi connectivity index (χ2v) is 6.90. The lowest BCUT2D eigenvalue weighted by atomic mass is 10.1. The van der Waals surface area contributed by atoms with Crippen LogP contribution in [0.3, 0.4) is 0 Å². The number of aromatic nitrogens is 1. The third-order valence-electron chi connectivity index (χ3n) is 3.39. The number of hydrogen-bond acceptors (Lipinski definition) is 4. The van der Waals surface area contributed by atoms with E-state index in [0.29, 0.717) is 17.9 Å². The summed E-state index contributed by atoms with van der Waals surface area (Å²) < 4.78 is 44.9. The molecule has 0 bridgehead atoms. The van der Waals surface area contributed by atoms with Crippen LogP contribution in [0.15, 0.2) is 51.8 Å². The lowest BCUT2D eigenvalue weighted by Gasteiger charge is -2.06. The molecule has 0 fully saturated rings. The van der Waals surface area contributed by atoms with Crippen molar-refractivity contribution in [3.63, 3.8) is 0 Å². The third-order valence-corrected chi connectivity index (χ3v) is 4.87. The van der Waals surface area contributed by atoms with E-state index in [1.165, 1.54) is 12.1 Å². The van der Waals surface area contributed by atoms with Crippen molar-refractivity contribution in [2.75, 3.05) is 6.54 Å². The highest BCUT2D eigenvalue weighted by Crippen LogP contribution is 2.17. The van der Waals surface area contributed by atoms with Crippen LogP contribution in [0.25, 0.3) is 11.1 Å². The highest BCUT2D eigenvalue weighted by Gasteiger charge is 2.13. The highest BCUT2D eigenvalue weighted by molar-refractivity contribution is 7.89. The molecular weight excluding hydrogens is 319 g/mol. The van der Waals surface area contributed by atoms with Crippen molar-refractivity contribution in [1.82, 2.24) is 9.71 Å². The number of aryl methyl sites for hydroxylation is 1. The van der Waals surface area contributed by atoms with Gasteiger partial charge in [0, 0.05) is 13.5 Å². The summed E-state index contributed by atoms with van der Waals surface area (Å²) in [5.74, 6) is 0.120. The Morgan fingerprint density at radius 2 is 1.91 bits per heavy atom. The minimum atomic E-state index is -3.64. The van der Waals surface area contributed by atoms with E-state index >= 15 is 0 Å². The molecule has 5 nitrogen and oxygen atoms in total. The lowest BCUT2D eigenvalue weighted by molar-refractivity contribution is 0.561. The average Bonchev–Trinajstić information content (AvgIpc) is 2.87. The fraction of sp³-hybridized carbons (Fsp3) is 0.188. The number of fused-ring (bicyclic) bond motifs is 1. The van der Waals surface area contributed by atoms with Crippen LogP contribution < -0.4 is 4.72 Å². The van der Waals surface area contributed by atoms with Gasteiger partial charge in [-0.1, -0.05) is 6.07 Å². The molecule has 1 heterocycles. The molecule has 0 radical (unpaired) electrons. The molecule has 0 saturated carbocycles. The Labute approximate surface area is 133 Å². The predicted molar refractivity (Wildman–Crippen MR) is 84.0 cm³/mol. The zero-order chi connectivity index (χ0) is 16.4. The summed E-state index contributed by atoms with van der Waals surface area (Å²) >= 11 is 0. The number of hydrogen-bond donors (Lipinski definition) is 1. The molecule has 0 saturated heterocycles. The number of nitrogens with zero attached hydrogens (tertiary/aromatic N) is 1. The normalized spacial score (nSPS) is 11.9. The summed E-state index contributed by atoms with van der Waals surface area (Å²) in [5.41, 5.74) is 2.41. The molecule has 3 aromatic rings. The lowest BCUT2D eigenvalue weighted by Crippen LogP contribution is -2.26. The maximum atomic E-state index is 12.8. The second kappa shape index (κ2) is 6.10. The van der Waals surface area contributed by atoms with E-state index in [-0.39, 0.29) is 11.4 Å². The highest BCUT2D eigenvalue weighted by atomic mass is 32.2. The number of nitrogens with one attached hydrogen (secondary N) is 1. The monoisotopic (exact) mass is 334 g/mol. The molecule has 2 aromatic carbocycles. The Hall–Kier alpha value is -2.25. The van der Waals surface area contributed by atoms with Gasteiger partial charge in [0.05, 0.1) is 4.90 Å². The number of rotatable bonds is 5. The van der Waals surface area contributed by atoms with Gasteiger partial charge < -0.3 is 4.42 Å². The quantitative estimate of drug-likeness (QED) is 0.779. The van der Waals surface area contributed by atoms with Crippen molar-refractivity contribution in [2.24, 2.45) is 0 Å². The van der Waals surface area contributed by atoms with E-state index in [9.17, 15) is 12.8 Å². The summed E-state index contributed by atoms with van der Waals surface area (Å²) in [4.78, 5) is 4.29. The summed E-state index contributed by atoms with van der Waals surface area (Å²) in [6, 6.07) is 10.3. The van der Waals surface area contributed by atoms with E-state index in [1.807, 2.05) is 18.2 Å². The number of sulfonamides is 1. The topological polar surface area (TPSA) is 72.2 Å². The number of oxazole rings is 1. The van der Waals surface area contributed by atoms with Gasteiger partial charge in [0.2, 0.25) is 10.0 Å². The molecule has 1 N–H and O–H groups in total. The SMILES string of the molecule is Cc1nc2cc(CCNS(=O)(=O)c3ccc(F)cc3)ccc2o1.